The molecule has 20 heavy (non-hydrogen) atoms. The van der Waals surface area contributed by atoms with E-state index in [0.29, 0.717) is 11.9 Å². The molecular weight excluding hydrogens is 296 g/mol. The molecule has 0 bridgehead atoms. The molecule has 0 radical (unpaired) electrons. The third-order valence-electron chi connectivity index (χ3n) is 2.63. The Bertz CT molecular complexity index is 585. The molecular formula is C12H17ClN6S. The van der Waals surface area contributed by atoms with Gasteiger partial charge in [0.25, 0.3) is 0 Å². The number of nitrogens with zero attached hydrogens (tertiary/aromatic N) is 5. The first kappa shape index (κ1) is 14.9. The van der Waals surface area contributed by atoms with Crippen LogP contribution in [0.4, 0.5) is 11.9 Å². The summed E-state index contributed by atoms with van der Waals surface area (Å²) in [5, 5.41) is 4.38. The number of thiazole rings is 1. The summed E-state index contributed by atoms with van der Waals surface area (Å²) in [5.74, 6) is 0.975. The van der Waals surface area contributed by atoms with Crippen molar-refractivity contribution in [2.75, 3.05) is 24.3 Å². The van der Waals surface area contributed by atoms with Crippen LogP contribution in [0.2, 0.25) is 5.28 Å². The van der Waals surface area contributed by atoms with E-state index < -0.39 is 0 Å². The van der Waals surface area contributed by atoms with Crippen molar-refractivity contribution < 1.29 is 0 Å². The topological polar surface area (TPSA) is 66.8 Å². The van der Waals surface area contributed by atoms with Gasteiger partial charge in [-0.1, -0.05) is 6.92 Å². The Kier molecular flexibility index (Phi) is 4.72. The molecule has 1 N–H and O–H groups in total. The third kappa shape index (κ3) is 3.55. The van der Waals surface area contributed by atoms with Gasteiger partial charge in [-0.25, -0.2) is 4.98 Å². The fourth-order valence-electron chi connectivity index (χ4n) is 1.55. The second-order valence-electron chi connectivity index (χ2n) is 4.51. The van der Waals surface area contributed by atoms with Gasteiger partial charge in [-0.05, 0) is 24.9 Å². The predicted octanol–water partition coefficient (Wildman–Crippen LogP) is 2.78. The van der Waals surface area contributed by atoms with Crippen molar-refractivity contribution in [1.82, 2.24) is 19.9 Å². The van der Waals surface area contributed by atoms with Gasteiger partial charge in [0.05, 0.1) is 6.04 Å². The molecule has 0 aromatic carbocycles. The maximum Gasteiger partial charge on any atom is 0.230 e. The highest BCUT2D eigenvalue weighted by Crippen LogP contribution is 2.23. The smallest absolute Gasteiger partial charge is 0.230 e. The standard InChI is InChI=1S/C12H17ClN6S/c1-5-8-6-14-9(20-8)7(2)15-11-16-10(13)17-12(18-11)19(3)4/h6-7H,5H2,1-4H3,(H,15,16,17,18). The highest BCUT2D eigenvalue weighted by atomic mass is 35.5. The van der Waals surface area contributed by atoms with Crippen LogP contribution in [0.5, 0.6) is 0 Å². The summed E-state index contributed by atoms with van der Waals surface area (Å²) in [5.41, 5.74) is 0. The number of halogens is 1. The largest absolute Gasteiger partial charge is 0.347 e. The second-order valence-corrected chi connectivity index (χ2v) is 5.99. The van der Waals surface area contributed by atoms with Crippen molar-refractivity contribution in [3.63, 3.8) is 0 Å². The van der Waals surface area contributed by atoms with Crippen LogP contribution in [0.1, 0.15) is 29.8 Å². The second kappa shape index (κ2) is 6.32. The van der Waals surface area contributed by atoms with Crippen LogP contribution in [0.3, 0.4) is 0 Å². The van der Waals surface area contributed by atoms with Crippen molar-refractivity contribution in [3.05, 3.63) is 21.4 Å². The van der Waals surface area contributed by atoms with E-state index >= 15 is 0 Å². The lowest BCUT2D eigenvalue weighted by Gasteiger charge is -2.14. The summed E-state index contributed by atoms with van der Waals surface area (Å²) < 4.78 is 0. The Morgan fingerprint density at radius 3 is 2.70 bits per heavy atom. The van der Waals surface area contributed by atoms with Crippen molar-refractivity contribution in [1.29, 1.82) is 0 Å². The minimum atomic E-state index is 0.0220. The SMILES string of the molecule is CCc1cnc(C(C)Nc2nc(Cl)nc(N(C)C)n2)s1. The first-order valence-electron chi connectivity index (χ1n) is 6.29. The molecule has 0 fully saturated rings. The molecule has 0 spiro atoms. The summed E-state index contributed by atoms with van der Waals surface area (Å²) in [4.78, 5) is 19.9. The fourth-order valence-corrected chi connectivity index (χ4v) is 2.56. The van der Waals surface area contributed by atoms with E-state index in [1.165, 1.54) is 4.88 Å². The number of rotatable bonds is 5. The van der Waals surface area contributed by atoms with E-state index in [4.69, 9.17) is 11.6 Å². The van der Waals surface area contributed by atoms with E-state index in [2.05, 4.69) is 32.2 Å². The van der Waals surface area contributed by atoms with Crippen LogP contribution in [0.25, 0.3) is 0 Å². The predicted molar refractivity (Wildman–Crippen MR) is 82.7 cm³/mol. The lowest BCUT2D eigenvalue weighted by molar-refractivity contribution is 0.837. The van der Waals surface area contributed by atoms with E-state index in [9.17, 15) is 0 Å². The average Bonchev–Trinajstić information content (AvgIpc) is 2.86. The van der Waals surface area contributed by atoms with Gasteiger partial charge in [-0.3, -0.25) is 0 Å². The Hall–Kier alpha value is -1.47. The van der Waals surface area contributed by atoms with Gasteiger partial charge in [0.1, 0.15) is 5.01 Å². The summed E-state index contributed by atoms with van der Waals surface area (Å²) >= 11 is 7.59. The molecule has 1 atom stereocenters. The van der Waals surface area contributed by atoms with Crippen LogP contribution in [0.15, 0.2) is 6.20 Å². The van der Waals surface area contributed by atoms with E-state index in [1.807, 2.05) is 27.2 Å². The number of aryl methyl sites for hydroxylation is 1. The zero-order valence-corrected chi connectivity index (χ0v) is 13.5. The Morgan fingerprint density at radius 2 is 2.10 bits per heavy atom. The Labute approximate surface area is 127 Å². The number of aromatic nitrogens is 4. The summed E-state index contributed by atoms with van der Waals surface area (Å²) in [6, 6.07) is 0.0220. The summed E-state index contributed by atoms with van der Waals surface area (Å²) in [6.45, 7) is 4.13. The molecule has 6 nitrogen and oxygen atoms in total. The molecule has 2 rings (SSSR count). The molecule has 0 saturated heterocycles. The molecule has 2 aromatic rings. The van der Waals surface area contributed by atoms with Crippen LogP contribution < -0.4 is 10.2 Å². The molecule has 0 aliphatic carbocycles. The number of hydrogen-bond donors (Lipinski definition) is 1. The monoisotopic (exact) mass is 312 g/mol. The fraction of sp³-hybridized carbons (Fsp3) is 0.500. The number of hydrogen-bond acceptors (Lipinski definition) is 7. The summed E-state index contributed by atoms with van der Waals surface area (Å²) in [6.07, 6.45) is 2.90. The minimum absolute atomic E-state index is 0.0220. The molecule has 2 aromatic heterocycles. The van der Waals surface area contributed by atoms with E-state index in [1.54, 1.807) is 16.2 Å². The van der Waals surface area contributed by atoms with Crippen molar-refractivity contribution in [2.45, 2.75) is 26.3 Å². The van der Waals surface area contributed by atoms with Gasteiger partial charge in [-0.2, -0.15) is 15.0 Å². The number of nitrogens with one attached hydrogen (secondary N) is 1. The molecule has 2 heterocycles. The first-order chi connectivity index (χ1) is 9.49. The molecule has 1 unspecified atom stereocenters. The molecule has 0 aliphatic rings. The molecule has 8 heteroatoms. The quantitative estimate of drug-likeness (QED) is 0.915. The van der Waals surface area contributed by atoms with E-state index in [0.717, 1.165) is 11.4 Å². The van der Waals surface area contributed by atoms with Gasteiger partial charge >= 0.3 is 0 Å². The van der Waals surface area contributed by atoms with Crippen LogP contribution in [-0.4, -0.2) is 34.0 Å². The van der Waals surface area contributed by atoms with Gasteiger partial charge in [-0.15, -0.1) is 11.3 Å². The lowest BCUT2D eigenvalue weighted by atomic mass is 10.3. The maximum atomic E-state index is 5.91. The third-order valence-corrected chi connectivity index (χ3v) is 4.13. The zero-order chi connectivity index (χ0) is 14.7. The van der Waals surface area contributed by atoms with Gasteiger partial charge < -0.3 is 10.2 Å². The Morgan fingerprint density at radius 1 is 1.35 bits per heavy atom. The highest BCUT2D eigenvalue weighted by molar-refractivity contribution is 7.11. The zero-order valence-electron chi connectivity index (χ0n) is 11.9. The van der Waals surface area contributed by atoms with Crippen molar-refractivity contribution in [3.8, 4) is 0 Å². The van der Waals surface area contributed by atoms with Gasteiger partial charge in [0, 0.05) is 25.2 Å². The van der Waals surface area contributed by atoms with Gasteiger partial charge in [0.2, 0.25) is 17.2 Å². The molecule has 0 amide bonds. The van der Waals surface area contributed by atoms with Crippen LogP contribution in [0, 0.1) is 0 Å². The lowest BCUT2D eigenvalue weighted by Crippen LogP contribution is -2.16. The van der Waals surface area contributed by atoms with Gasteiger partial charge in [0.15, 0.2) is 0 Å². The first-order valence-corrected chi connectivity index (χ1v) is 7.49. The van der Waals surface area contributed by atoms with Crippen LogP contribution >= 0.6 is 22.9 Å². The van der Waals surface area contributed by atoms with Crippen molar-refractivity contribution in [2.24, 2.45) is 0 Å². The molecule has 0 aliphatic heterocycles. The van der Waals surface area contributed by atoms with Crippen LogP contribution in [-0.2, 0) is 6.42 Å². The molecule has 108 valence electrons. The number of anilines is 2. The summed E-state index contributed by atoms with van der Waals surface area (Å²) in [7, 11) is 3.71. The van der Waals surface area contributed by atoms with E-state index in [-0.39, 0.29) is 11.3 Å². The van der Waals surface area contributed by atoms with Crippen molar-refractivity contribution >= 4 is 34.8 Å². The maximum absolute atomic E-state index is 5.91. The molecule has 0 saturated carbocycles. The average molecular weight is 313 g/mol. The minimum Gasteiger partial charge on any atom is -0.347 e. The normalized spacial score (nSPS) is 12.2. The Balaban J connectivity index is 2.16. The highest BCUT2D eigenvalue weighted by Gasteiger charge is 2.13.